The number of aromatic nitrogens is 3. The summed E-state index contributed by atoms with van der Waals surface area (Å²) in [4.78, 5) is 3.85. The summed E-state index contributed by atoms with van der Waals surface area (Å²) in [6.07, 6.45) is -9.85. The molecule has 0 aliphatic heterocycles. The maximum Gasteiger partial charge on any atom is 0.435 e. The van der Waals surface area contributed by atoms with E-state index in [2.05, 4.69) is 10.1 Å². The molecular formula is C15H8ClF6N3. The molecule has 0 spiro atoms. The van der Waals surface area contributed by atoms with Gasteiger partial charge in [0.1, 0.15) is 5.69 Å². The van der Waals surface area contributed by atoms with E-state index in [0.717, 1.165) is 0 Å². The molecule has 3 rings (SSSR count). The van der Waals surface area contributed by atoms with Gasteiger partial charge in [0.15, 0.2) is 11.3 Å². The minimum Gasteiger partial charge on any atom is -0.233 e. The van der Waals surface area contributed by atoms with Crippen molar-refractivity contribution >= 4 is 17.2 Å². The van der Waals surface area contributed by atoms with Gasteiger partial charge >= 0.3 is 12.4 Å². The van der Waals surface area contributed by atoms with Crippen LogP contribution in [0.5, 0.6) is 0 Å². The van der Waals surface area contributed by atoms with Crippen LogP contribution in [0.2, 0.25) is 5.02 Å². The molecule has 0 aliphatic carbocycles. The Kier molecular flexibility index (Phi) is 3.94. The van der Waals surface area contributed by atoms with E-state index in [9.17, 15) is 26.3 Å². The molecule has 2 aromatic heterocycles. The van der Waals surface area contributed by atoms with Gasteiger partial charge in [0.2, 0.25) is 0 Å². The molecule has 0 aliphatic rings. The number of hydrogen-bond acceptors (Lipinski definition) is 2. The van der Waals surface area contributed by atoms with Gasteiger partial charge < -0.3 is 0 Å². The van der Waals surface area contributed by atoms with Crippen LogP contribution in [0.1, 0.15) is 17.1 Å². The molecule has 0 atom stereocenters. The maximum absolute atomic E-state index is 13.4. The van der Waals surface area contributed by atoms with Crippen LogP contribution in [0.15, 0.2) is 30.3 Å². The highest BCUT2D eigenvalue weighted by Gasteiger charge is 2.42. The van der Waals surface area contributed by atoms with E-state index in [0.29, 0.717) is 6.07 Å². The standard InChI is InChI=1S/C15H8ClF6N3/c1-7-6-10(14(17,18)19)25-13(23-7)11(12(24-25)15(20,21)22)8-2-4-9(16)5-3-8/h2-6H,1H3. The lowest BCUT2D eigenvalue weighted by molar-refractivity contribution is -0.146. The Bertz CT molecular complexity index is 941. The first-order chi connectivity index (χ1) is 11.5. The lowest BCUT2D eigenvalue weighted by Gasteiger charge is -2.09. The highest BCUT2D eigenvalue weighted by Crippen LogP contribution is 2.40. The number of fused-ring (bicyclic) bond motifs is 1. The van der Waals surface area contributed by atoms with E-state index in [-0.39, 0.29) is 20.8 Å². The first kappa shape index (κ1) is 17.5. The number of alkyl halides is 6. The summed E-state index contributed by atoms with van der Waals surface area (Å²) in [6.45, 7) is 1.27. The third-order valence-corrected chi connectivity index (χ3v) is 3.66. The third kappa shape index (κ3) is 3.15. The van der Waals surface area contributed by atoms with Gasteiger partial charge in [-0.25, -0.2) is 9.50 Å². The molecule has 0 saturated heterocycles. The average Bonchev–Trinajstić information content (AvgIpc) is 2.85. The van der Waals surface area contributed by atoms with Crippen LogP contribution in [0.25, 0.3) is 16.8 Å². The van der Waals surface area contributed by atoms with Crippen molar-refractivity contribution < 1.29 is 26.3 Å². The molecule has 0 saturated carbocycles. The van der Waals surface area contributed by atoms with Crippen molar-refractivity contribution in [1.29, 1.82) is 0 Å². The molecule has 0 fully saturated rings. The smallest absolute Gasteiger partial charge is 0.233 e. The Morgan fingerprint density at radius 2 is 1.56 bits per heavy atom. The largest absolute Gasteiger partial charge is 0.435 e. The van der Waals surface area contributed by atoms with Crippen molar-refractivity contribution in [2.24, 2.45) is 0 Å². The fourth-order valence-corrected chi connectivity index (χ4v) is 2.55. The second-order valence-electron chi connectivity index (χ2n) is 5.24. The van der Waals surface area contributed by atoms with Gasteiger partial charge in [-0.3, -0.25) is 0 Å². The van der Waals surface area contributed by atoms with E-state index in [1.165, 1.54) is 31.2 Å². The van der Waals surface area contributed by atoms with E-state index in [1.807, 2.05) is 0 Å². The van der Waals surface area contributed by atoms with E-state index >= 15 is 0 Å². The van der Waals surface area contributed by atoms with Crippen molar-refractivity contribution in [2.45, 2.75) is 19.3 Å². The molecule has 0 amide bonds. The van der Waals surface area contributed by atoms with Gasteiger partial charge in [0.05, 0.1) is 5.56 Å². The summed E-state index contributed by atoms with van der Waals surface area (Å²) >= 11 is 5.72. The molecule has 0 N–H and O–H groups in total. The second kappa shape index (κ2) is 5.62. The highest BCUT2D eigenvalue weighted by atomic mass is 35.5. The molecule has 0 unspecified atom stereocenters. The number of benzene rings is 1. The molecule has 132 valence electrons. The summed E-state index contributed by atoms with van der Waals surface area (Å²) < 4.78 is 79.9. The van der Waals surface area contributed by atoms with Crippen LogP contribution in [0, 0.1) is 6.92 Å². The van der Waals surface area contributed by atoms with Crippen molar-refractivity contribution in [3.05, 3.63) is 52.4 Å². The molecule has 3 nitrogen and oxygen atoms in total. The van der Waals surface area contributed by atoms with Crippen LogP contribution in [-0.4, -0.2) is 14.6 Å². The average molecular weight is 380 g/mol. The molecule has 0 radical (unpaired) electrons. The SMILES string of the molecule is Cc1cc(C(F)(F)F)n2nc(C(F)(F)F)c(-c3ccc(Cl)cc3)c2n1. The Morgan fingerprint density at radius 1 is 0.960 bits per heavy atom. The minimum atomic E-state index is -4.96. The monoisotopic (exact) mass is 379 g/mol. The van der Waals surface area contributed by atoms with E-state index < -0.39 is 35.0 Å². The summed E-state index contributed by atoms with van der Waals surface area (Å²) in [6, 6.07) is 5.85. The molecular weight excluding hydrogens is 372 g/mol. The zero-order valence-electron chi connectivity index (χ0n) is 12.4. The van der Waals surface area contributed by atoms with Crippen molar-refractivity contribution in [3.8, 4) is 11.1 Å². The Balaban J connectivity index is 2.45. The molecule has 3 aromatic rings. The quantitative estimate of drug-likeness (QED) is 0.530. The van der Waals surface area contributed by atoms with Gasteiger partial charge in [-0.1, -0.05) is 23.7 Å². The molecule has 10 heteroatoms. The summed E-state index contributed by atoms with van der Waals surface area (Å²) in [7, 11) is 0. The number of hydrogen-bond donors (Lipinski definition) is 0. The zero-order chi connectivity index (χ0) is 18.6. The normalized spacial score (nSPS) is 12.8. The Morgan fingerprint density at radius 3 is 2.08 bits per heavy atom. The lowest BCUT2D eigenvalue weighted by Crippen LogP contribution is -2.14. The van der Waals surface area contributed by atoms with Gasteiger partial charge in [0, 0.05) is 10.7 Å². The first-order valence-corrected chi connectivity index (χ1v) is 7.17. The van der Waals surface area contributed by atoms with Crippen molar-refractivity contribution in [2.75, 3.05) is 0 Å². The van der Waals surface area contributed by atoms with Crippen LogP contribution in [-0.2, 0) is 12.4 Å². The van der Waals surface area contributed by atoms with Crippen molar-refractivity contribution in [1.82, 2.24) is 14.6 Å². The van der Waals surface area contributed by atoms with Gasteiger partial charge in [-0.15, -0.1) is 0 Å². The van der Waals surface area contributed by atoms with Gasteiger partial charge in [-0.05, 0) is 30.7 Å². The number of nitrogens with zero attached hydrogens (tertiary/aromatic N) is 3. The Labute approximate surface area is 141 Å². The van der Waals surface area contributed by atoms with Crippen LogP contribution >= 0.6 is 11.6 Å². The van der Waals surface area contributed by atoms with Crippen molar-refractivity contribution in [3.63, 3.8) is 0 Å². The van der Waals surface area contributed by atoms with Crippen LogP contribution < -0.4 is 0 Å². The summed E-state index contributed by atoms with van der Waals surface area (Å²) in [5.74, 6) is 0. The second-order valence-corrected chi connectivity index (χ2v) is 5.68. The topological polar surface area (TPSA) is 30.2 Å². The Hall–Kier alpha value is -2.29. The van der Waals surface area contributed by atoms with E-state index in [1.54, 1.807) is 0 Å². The minimum absolute atomic E-state index is 0.0120. The maximum atomic E-state index is 13.4. The van der Waals surface area contributed by atoms with Gasteiger partial charge in [-0.2, -0.15) is 31.4 Å². The fraction of sp³-hybridized carbons (Fsp3) is 0.200. The molecule has 1 aromatic carbocycles. The van der Waals surface area contributed by atoms with E-state index in [4.69, 9.17) is 11.6 Å². The van der Waals surface area contributed by atoms with Gasteiger partial charge in [0.25, 0.3) is 0 Å². The van der Waals surface area contributed by atoms with Crippen LogP contribution in [0.4, 0.5) is 26.3 Å². The fourth-order valence-electron chi connectivity index (χ4n) is 2.42. The first-order valence-electron chi connectivity index (χ1n) is 6.79. The highest BCUT2D eigenvalue weighted by molar-refractivity contribution is 6.30. The lowest BCUT2D eigenvalue weighted by atomic mass is 10.1. The predicted octanol–water partition coefficient (Wildman–Crippen LogP) is 5.40. The number of halogens is 7. The predicted molar refractivity (Wildman–Crippen MR) is 78.2 cm³/mol. The summed E-state index contributed by atoms with van der Waals surface area (Å²) in [5.41, 5.74) is -3.90. The third-order valence-electron chi connectivity index (χ3n) is 3.41. The number of aryl methyl sites for hydroxylation is 1. The van der Waals surface area contributed by atoms with Crippen LogP contribution in [0.3, 0.4) is 0 Å². The number of rotatable bonds is 1. The molecule has 2 heterocycles. The molecule has 25 heavy (non-hydrogen) atoms. The summed E-state index contributed by atoms with van der Waals surface area (Å²) in [5, 5.41) is 3.44. The molecule has 0 bridgehead atoms. The zero-order valence-corrected chi connectivity index (χ0v) is 13.1.